The number of nitrogen functional groups attached to an aromatic ring is 1. The molecule has 2 aliphatic heterocycles. The van der Waals surface area contributed by atoms with Crippen LogP contribution in [0.2, 0.25) is 0 Å². The molecule has 0 bridgehead atoms. The number of fused-ring (bicyclic) bond motifs is 2. The van der Waals surface area contributed by atoms with Gasteiger partial charge in [0.2, 0.25) is 0 Å². The zero-order valence-electron chi connectivity index (χ0n) is 34.5. The molecule has 4 aliphatic rings. The summed E-state index contributed by atoms with van der Waals surface area (Å²) in [6, 6.07) is -0.490. The van der Waals surface area contributed by atoms with E-state index in [0.717, 1.165) is 0 Å². The summed E-state index contributed by atoms with van der Waals surface area (Å²) in [5.41, 5.74) is 8.76. The van der Waals surface area contributed by atoms with Crippen LogP contribution in [0.4, 0.5) is 35.9 Å². The average molecular weight is 859 g/mol. The normalized spacial score (nSPS) is 22.7. The fourth-order valence-electron chi connectivity index (χ4n) is 9.26. The second kappa shape index (κ2) is 16.6. The molecule has 21 heteroatoms. The molecule has 18 nitrogen and oxygen atoms in total. The zero-order valence-corrected chi connectivity index (χ0v) is 34.5. The Bertz CT molecular complexity index is 2590. The predicted molar refractivity (Wildman–Crippen MR) is 224 cm³/mol. The number of alkyl halides is 2. The largest absolute Gasteiger partial charge is 0.492 e. The number of aromatic nitrogens is 4. The minimum Gasteiger partial charge on any atom is -0.492 e. The number of halogens is 3. The van der Waals surface area contributed by atoms with Crippen molar-refractivity contribution in [3.8, 4) is 11.5 Å². The van der Waals surface area contributed by atoms with Crippen molar-refractivity contribution >= 4 is 44.6 Å². The number of methoxy groups -OCH3 is 4. The summed E-state index contributed by atoms with van der Waals surface area (Å²) >= 11 is 0. The molecular weight excluding hydrogens is 805 g/mol. The molecular formula is C40H53F3N10O8. The number of anilines is 4. The number of aromatic amines is 1. The molecule has 8 rings (SSSR count). The van der Waals surface area contributed by atoms with E-state index >= 15 is 13.2 Å². The SMILES string of the molecule is COCC[C@@H](N)[C@H]1CN(c2cc(Nc3c(F)c(N4C[C@H]([C@H](N)CCOC)[C@@H](F)C4)c(OC)c4c3c(=O)n(N)c(=O)n4C3CC3)c3c(=O)[nH]c(=O)n(C4CC4)c3c2OC)C[C@@H]1F. The fraction of sp³-hybridized carbons (Fsp3) is 0.600. The number of H-pyrrole nitrogens is 1. The molecule has 2 saturated heterocycles. The first-order valence-corrected chi connectivity index (χ1v) is 20.5. The van der Waals surface area contributed by atoms with Gasteiger partial charge in [-0.15, -0.1) is 0 Å². The zero-order chi connectivity index (χ0) is 43.6. The highest BCUT2D eigenvalue weighted by Gasteiger charge is 2.43. The lowest BCUT2D eigenvalue weighted by Gasteiger charge is -2.28. The van der Waals surface area contributed by atoms with E-state index in [0.29, 0.717) is 49.8 Å². The Balaban J connectivity index is 1.39. The van der Waals surface area contributed by atoms with Gasteiger partial charge in [-0.2, -0.15) is 4.68 Å². The molecule has 4 fully saturated rings. The first-order chi connectivity index (χ1) is 29.3. The summed E-state index contributed by atoms with van der Waals surface area (Å²) in [6.45, 7) is 0.227. The van der Waals surface area contributed by atoms with Crippen LogP contribution in [-0.4, -0.2) is 111 Å². The van der Waals surface area contributed by atoms with Crippen LogP contribution < -0.4 is 64.4 Å². The highest BCUT2D eigenvalue weighted by molar-refractivity contribution is 6.06. The second-order valence-corrected chi connectivity index (χ2v) is 16.6. The van der Waals surface area contributed by atoms with Crippen molar-refractivity contribution in [1.82, 2.24) is 18.8 Å². The van der Waals surface area contributed by atoms with Gasteiger partial charge in [-0.25, -0.2) is 22.8 Å². The van der Waals surface area contributed by atoms with Gasteiger partial charge in [-0.05, 0) is 44.6 Å². The number of hydrogen-bond donors (Lipinski definition) is 5. The first kappa shape index (κ1) is 42.4. The van der Waals surface area contributed by atoms with Gasteiger partial charge >= 0.3 is 11.4 Å². The molecule has 0 spiro atoms. The molecule has 0 amide bonds. The quantitative estimate of drug-likeness (QED) is 0.101. The van der Waals surface area contributed by atoms with Crippen molar-refractivity contribution in [2.75, 3.05) is 88.8 Å². The molecule has 4 heterocycles. The van der Waals surface area contributed by atoms with Crippen LogP contribution in [0, 0.1) is 17.7 Å². The van der Waals surface area contributed by atoms with Gasteiger partial charge < -0.3 is 51.4 Å². The van der Waals surface area contributed by atoms with Gasteiger partial charge in [0.25, 0.3) is 11.1 Å². The smallest absolute Gasteiger partial charge is 0.350 e. The van der Waals surface area contributed by atoms with Crippen molar-refractivity contribution in [3.05, 3.63) is 53.6 Å². The summed E-state index contributed by atoms with van der Waals surface area (Å²) in [6.07, 6.45) is 0.161. The van der Waals surface area contributed by atoms with E-state index in [1.165, 1.54) is 48.5 Å². The van der Waals surface area contributed by atoms with E-state index in [1.807, 2.05) is 0 Å². The third-order valence-corrected chi connectivity index (χ3v) is 12.7. The maximum Gasteiger partial charge on any atom is 0.350 e. The second-order valence-electron chi connectivity index (χ2n) is 16.6. The number of nitrogens with one attached hydrogen (secondary N) is 2. The summed E-state index contributed by atoms with van der Waals surface area (Å²) in [7, 11) is 5.66. The standard InChI is InChI=1S/C40H53F3N10O8/c1-58-11-9-24(44)20-14-49(16-22(20)41)27-13-26(28-32(35(27)60-3)51(18-5-6-18)39(56)48-37(28)54)47-31-29-33(52(19-7-8-19)40(57)53(46)38(29)55)36(61-4)34(30(31)43)50-15-21(23(42)17-50)25(45)10-12-59-2/h13,18-25,47H,5-12,14-17,44-46H2,1-4H3,(H,48,54,56)/t20-,21-,22-,23-,24+,25+/m0/s1. The van der Waals surface area contributed by atoms with Crippen molar-refractivity contribution in [2.45, 2.75) is 75.0 Å². The minimum atomic E-state index is -1.50. The number of rotatable bonds is 16. The van der Waals surface area contributed by atoms with Gasteiger partial charge in [0.05, 0.1) is 42.1 Å². The maximum atomic E-state index is 17.9. The van der Waals surface area contributed by atoms with Crippen LogP contribution in [0.15, 0.2) is 25.2 Å². The maximum absolute atomic E-state index is 17.9. The number of hydrogen-bond acceptors (Lipinski definition) is 14. The Kier molecular flexibility index (Phi) is 11.5. The molecule has 0 radical (unpaired) electrons. The summed E-state index contributed by atoms with van der Waals surface area (Å²) in [5.74, 6) is 3.59. The highest BCUT2D eigenvalue weighted by Crippen LogP contribution is 2.50. The lowest BCUT2D eigenvalue weighted by atomic mass is 9.96. The van der Waals surface area contributed by atoms with Gasteiger partial charge in [0.15, 0.2) is 17.3 Å². The highest BCUT2D eigenvalue weighted by atomic mass is 19.1. The number of ether oxygens (including phenoxy) is 4. The van der Waals surface area contributed by atoms with Gasteiger partial charge in [0, 0.05) is 89.6 Å². The minimum absolute atomic E-state index is 0.0537. The Hall–Kier alpha value is -5.25. The van der Waals surface area contributed by atoms with Crippen molar-refractivity contribution in [1.29, 1.82) is 0 Å². The molecule has 6 atom stereocenters. The van der Waals surface area contributed by atoms with E-state index in [1.54, 1.807) is 4.90 Å². The number of nitrogens with two attached hydrogens (primary N) is 3. The predicted octanol–water partition coefficient (Wildman–Crippen LogP) is 1.73. The van der Waals surface area contributed by atoms with E-state index < -0.39 is 76.3 Å². The van der Waals surface area contributed by atoms with Crippen molar-refractivity contribution < 1.29 is 32.1 Å². The third-order valence-electron chi connectivity index (χ3n) is 12.7. The summed E-state index contributed by atoms with van der Waals surface area (Å²) < 4.78 is 75.0. The first-order valence-electron chi connectivity index (χ1n) is 20.5. The molecule has 332 valence electrons. The number of benzene rings is 2. The van der Waals surface area contributed by atoms with Gasteiger partial charge in [-0.1, -0.05) is 0 Å². The molecule has 61 heavy (non-hydrogen) atoms. The van der Waals surface area contributed by atoms with Crippen LogP contribution in [0.3, 0.4) is 0 Å². The number of nitrogens with zero attached hydrogens (tertiary/aromatic N) is 5. The molecule has 0 unspecified atom stereocenters. The topological polar surface area (TPSA) is 232 Å². The van der Waals surface area contributed by atoms with E-state index in [4.69, 9.17) is 36.3 Å². The van der Waals surface area contributed by atoms with Crippen molar-refractivity contribution in [3.63, 3.8) is 0 Å². The van der Waals surface area contributed by atoms with E-state index in [9.17, 15) is 19.2 Å². The Morgan fingerprint density at radius 3 is 1.89 bits per heavy atom. The molecule has 4 aromatic rings. The Morgan fingerprint density at radius 1 is 0.787 bits per heavy atom. The monoisotopic (exact) mass is 858 g/mol. The van der Waals surface area contributed by atoms with Crippen LogP contribution in [-0.2, 0) is 9.47 Å². The van der Waals surface area contributed by atoms with Gasteiger partial charge in [-0.3, -0.25) is 23.7 Å². The summed E-state index contributed by atoms with van der Waals surface area (Å²) in [5, 5.41) is 2.51. The fourth-order valence-corrected chi connectivity index (χ4v) is 9.26. The van der Waals surface area contributed by atoms with Crippen molar-refractivity contribution in [2.24, 2.45) is 23.3 Å². The van der Waals surface area contributed by atoms with Crippen LogP contribution in [0.1, 0.15) is 50.6 Å². The molecule has 2 aliphatic carbocycles. The van der Waals surface area contributed by atoms with Crippen LogP contribution in [0.5, 0.6) is 11.5 Å². The van der Waals surface area contributed by atoms with E-state index in [-0.39, 0.29) is 89.2 Å². The lowest BCUT2D eigenvalue weighted by Crippen LogP contribution is -2.45. The Labute approximate surface area is 347 Å². The lowest BCUT2D eigenvalue weighted by molar-refractivity contribution is 0.166. The molecule has 2 saturated carbocycles. The van der Waals surface area contributed by atoms with Gasteiger partial charge in [0.1, 0.15) is 29.1 Å². The van der Waals surface area contributed by atoms with E-state index in [2.05, 4.69) is 10.3 Å². The molecule has 2 aromatic carbocycles. The third kappa shape index (κ3) is 7.27. The van der Waals surface area contributed by atoms with Crippen LogP contribution in [0.25, 0.3) is 21.8 Å². The average Bonchev–Trinajstić information content (AvgIpc) is 4.18. The Morgan fingerprint density at radius 2 is 1.33 bits per heavy atom. The van der Waals surface area contributed by atoms with Crippen LogP contribution >= 0.6 is 0 Å². The molecule has 8 N–H and O–H groups in total. The summed E-state index contributed by atoms with van der Waals surface area (Å²) in [4.78, 5) is 61.2. The molecule has 2 aromatic heterocycles.